The van der Waals surface area contributed by atoms with Crippen LogP contribution in [0.5, 0.6) is 0 Å². The van der Waals surface area contributed by atoms with Gasteiger partial charge in [0.1, 0.15) is 5.52 Å². The van der Waals surface area contributed by atoms with Crippen molar-refractivity contribution in [3.63, 3.8) is 0 Å². The minimum Gasteiger partial charge on any atom is -0.357 e. The minimum absolute atomic E-state index is 0.00597. The average molecular weight is 374 g/mol. The summed E-state index contributed by atoms with van der Waals surface area (Å²) >= 11 is 0. The van der Waals surface area contributed by atoms with Crippen LogP contribution in [0, 0.1) is 0 Å². The number of aromatic nitrogens is 2. The van der Waals surface area contributed by atoms with Gasteiger partial charge in [0.25, 0.3) is 5.56 Å². The summed E-state index contributed by atoms with van der Waals surface area (Å²) in [6, 6.07) is 6.71. The molecule has 4 rings (SSSR count). The number of rotatable bonds is 4. The van der Waals surface area contributed by atoms with Crippen LogP contribution in [0.2, 0.25) is 0 Å². The Morgan fingerprint density at radius 3 is 2.77 bits per heavy atom. The van der Waals surface area contributed by atoms with Crippen molar-refractivity contribution in [1.29, 1.82) is 0 Å². The number of likely N-dealkylation sites (tertiary alicyclic amines) is 1. The van der Waals surface area contributed by atoms with Crippen LogP contribution in [0.15, 0.2) is 40.2 Å². The predicted molar refractivity (Wildman–Crippen MR) is 102 cm³/mol. The van der Waals surface area contributed by atoms with Crippen LogP contribution in [-0.2, 0) is 10.0 Å². The first kappa shape index (κ1) is 17.3. The van der Waals surface area contributed by atoms with E-state index < -0.39 is 10.0 Å². The van der Waals surface area contributed by atoms with Gasteiger partial charge in [-0.05, 0) is 44.3 Å². The maximum absolute atomic E-state index is 13.3. The molecule has 3 aromatic rings. The first-order chi connectivity index (χ1) is 12.4. The lowest BCUT2D eigenvalue weighted by molar-refractivity contribution is 0.319. The third-order valence-electron chi connectivity index (χ3n) is 5.20. The normalized spacial score (nSPS) is 19.1. The first-order valence-electron chi connectivity index (χ1n) is 8.75. The molecule has 138 valence electrons. The van der Waals surface area contributed by atoms with Gasteiger partial charge in [0.05, 0.1) is 4.90 Å². The van der Waals surface area contributed by atoms with Crippen molar-refractivity contribution in [2.75, 3.05) is 26.7 Å². The van der Waals surface area contributed by atoms with Gasteiger partial charge in [-0.15, -0.1) is 0 Å². The lowest BCUT2D eigenvalue weighted by Crippen LogP contribution is -2.41. The van der Waals surface area contributed by atoms with E-state index in [2.05, 4.69) is 14.9 Å². The van der Waals surface area contributed by atoms with Gasteiger partial charge in [-0.1, -0.05) is 6.92 Å². The SMILES string of the molecule is CCN(C1CCN(C)C1)S(=O)(=O)c1ccc2[nH]c(=O)c3[nH]ccc3c2c1. The molecule has 1 aliphatic heterocycles. The van der Waals surface area contributed by atoms with E-state index in [0.29, 0.717) is 17.6 Å². The fourth-order valence-corrected chi connectivity index (χ4v) is 5.57. The summed E-state index contributed by atoms with van der Waals surface area (Å²) in [6.45, 7) is 3.96. The number of hydrogen-bond donors (Lipinski definition) is 2. The minimum atomic E-state index is -3.61. The van der Waals surface area contributed by atoms with Gasteiger partial charge in [0, 0.05) is 41.6 Å². The highest BCUT2D eigenvalue weighted by molar-refractivity contribution is 7.89. The zero-order valence-electron chi connectivity index (χ0n) is 14.8. The fourth-order valence-electron chi connectivity index (χ4n) is 3.89. The Hall–Kier alpha value is -2.16. The Kier molecular flexibility index (Phi) is 4.13. The van der Waals surface area contributed by atoms with Crippen molar-refractivity contribution < 1.29 is 8.42 Å². The number of nitrogens with zero attached hydrogens (tertiary/aromatic N) is 2. The summed E-state index contributed by atoms with van der Waals surface area (Å²) in [7, 11) is -1.60. The summed E-state index contributed by atoms with van der Waals surface area (Å²) in [4.78, 5) is 20.2. The maximum atomic E-state index is 13.3. The summed E-state index contributed by atoms with van der Waals surface area (Å²) in [5.41, 5.74) is 0.874. The third-order valence-corrected chi connectivity index (χ3v) is 7.22. The van der Waals surface area contributed by atoms with Gasteiger partial charge in [-0.2, -0.15) is 4.31 Å². The number of H-pyrrole nitrogens is 2. The Morgan fingerprint density at radius 2 is 2.08 bits per heavy atom. The highest BCUT2D eigenvalue weighted by atomic mass is 32.2. The Balaban J connectivity index is 1.84. The van der Waals surface area contributed by atoms with Crippen molar-refractivity contribution in [3.05, 3.63) is 40.8 Å². The molecule has 1 fully saturated rings. The molecule has 0 aliphatic carbocycles. The van der Waals surface area contributed by atoms with Gasteiger partial charge >= 0.3 is 0 Å². The van der Waals surface area contributed by atoms with Gasteiger partial charge in [-0.3, -0.25) is 4.79 Å². The van der Waals surface area contributed by atoms with Crippen molar-refractivity contribution in [3.8, 4) is 0 Å². The highest BCUT2D eigenvalue weighted by Gasteiger charge is 2.34. The van der Waals surface area contributed by atoms with E-state index in [4.69, 9.17) is 0 Å². The molecule has 1 aliphatic rings. The molecule has 2 N–H and O–H groups in total. The van der Waals surface area contributed by atoms with Gasteiger partial charge < -0.3 is 14.9 Å². The van der Waals surface area contributed by atoms with Crippen molar-refractivity contribution in [2.45, 2.75) is 24.3 Å². The lowest BCUT2D eigenvalue weighted by Gasteiger charge is -2.27. The molecular weight excluding hydrogens is 352 g/mol. The molecule has 0 radical (unpaired) electrons. The number of aromatic amines is 2. The second kappa shape index (κ2) is 6.22. The Labute approximate surface area is 151 Å². The molecule has 1 saturated heterocycles. The molecule has 2 aromatic heterocycles. The molecule has 1 unspecified atom stereocenters. The molecule has 1 atom stereocenters. The third kappa shape index (κ3) is 2.65. The van der Waals surface area contributed by atoms with Crippen LogP contribution in [-0.4, -0.2) is 60.3 Å². The van der Waals surface area contributed by atoms with Gasteiger partial charge in [-0.25, -0.2) is 8.42 Å². The maximum Gasteiger partial charge on any atom is 0.272 e. The molecule has 7 nitrogen and oxygen atoms in total. The highest BCUT2D eigenvalue weighted by Crippen LogP contribution is 2.27. The van der Waals surface area contributed by atoms with Crippen molar-refractivity contribution >= 4 is 31.8 Å². The molecule has 0 bridgehead atoms. The zero-order valence-corrected chi connectivity index (χ0v) is 15.6. The van der Waals surface area contributed by atoms with Crippen LogP contribution in [0.1, 0.15) is 13.3 Å². The Morgan fingerprint density at radius 1 is 1.27 bits per heavy atom. The quantitative estimate of drug-likeness (QED) is 0.728. The topological polar surface area (TPSA) is 89.3 Å². The fraction of sp³-hybridized carbons (Fsp3) is 0.389. The molecule has 3 heterocycles. The number of hydrogen-bond acceptors (Lipinski definition) is 4. The standard InChI is InChI=1S/C18H22N4O3S/c1-3-22(12-7-9-21(2)11-12)26(24,25)13-4-5-16-15(10-13)14-6-8-19-17(14)18(23)20-16/h4-6,8,10,12,19H,3,7,9,11H2,1-2H3,(H,20,23). The largest absolute Gasteiger partial charge is 0.357 e. The number of likely N-dealkylation sites (N-methyl/N-ethyl adjacent to an activating group) is 2. The van der Waals surface area contributed by atoms with E-state index in [1.54, 1.807) is 34.8 Å². The molecule has 0 amide bonds. The number of benzene rings is 1. The molecule has 0 saturated carbocycles. The summed E-state index contributed by atoms with van der Waals surface area (Å²) < 4.78 is 28.1. The zero-order chi connectivity index (χ0) is 18.5. The number of nitrogens with one attached hydrogen (secondary N) is 2. The average Bonchev–Trinajstić information content (AvgIpc) is 3.25. The predicted octanol–water partition coefficient (Wildman–Crippen LogP) is 1.72. The van der Waals surface area contributed by atoms with E-state index in [1.807, 2.05) is 14.0 Å². The molecule has 8 heteroatoms. The summed E-state index contributed by atoms with van der Waals surface area (Å²) in [5, 5.41) is 1.45. The molecule has 1 aromatic carbocycles. The van der Waals surface area contributed by atoms with Crippen LogP contribution in [0.25, 0.3) is 21.8 Å². The van der Waals surface area contributed by atoms with Crippen LogP contribution in [0.3, 0.4) is 0 Å². The molecule has 0 spiro atoms. The molecular formula is C18H22N4O3S. The summed E-state index contributed by atoms with van der Waals surface area (Å²) in [6.07, 6.45) is 2.53. The van der Waals surface area contributed by atoms with Crippen LogP contribution >= 0.6 is 0 Å². The van der Waals surface area contributed by atoms with Crippen molar-refractivity contribution in [2.24, 2.45) is 0 Å². The number of pyridine rings is 1. The van der Waals surface area contributed by atoms with E-state index in [-0.39, 0.29) is 16.5 Å². The van der Waals surface area contributed by atoms with E-state index in [0.717, 1.165) is 30.3 Å². The van der Waals surface area contributed by atoms with Crippen molar-refractivity contribution in [1.82, 2.24) is 19.2 Å². The monoisotopic (exact) mass is 374 g/mol. The molecule has 26 heavy (non-hydrogen) atoms. The van der Waals surface area contributed by atoms with Gasteiger partial charge in [0.2, 0.25) is 10.0 Å². The lowest BCUT2D eigenvalue weighted by atomic mass is 10.1. The van der Waals surface area contributed by atoms with Gasteiger partial charge in [0.15, 0.2) is 0 Å². The number of fused-ring (bicyclic) bond motifs is 3. The number of sulfonamides is 1. The second-order valence-corrected chi connectivity index (χ2v) is 8.73. The van der Waals surface area contributed by atoms with E-state index in [1.165, 1.54) is 0 Å². The van der Waals surface area contributed by atoms with E-state index in [9.17, 15) is 13.2 Å². The first-order valence-corrected chi connectivity index (χ1v) is 10.2. The van der Waals surface area contributed by atoms with Crippen LogP contribution in [0.4, 0.5) is 0 Å². The van der Waals surface area contributed by atoms with E-state index >= 15 is 0 Å². The smallest absolute Gasteiger partial charge is 0.272 e. The second-order valence-electron chi connectivity index (χ2n) is 6.84. The van der Waals surface area contributed by atoms with Crippen LogP contribution < -0.4 is 5.56 Å². The Bertz CT molecular complexity index is 1130. The summed E-state index contributed by atoms with van der Waals surface area (Å²) in [5.74, 6) is 0.